The van der Waals surface area contributed by atoms with E-state index in [9.17, 15) is 14.4 Å². The molecule has 0 aromatic heterocycles. The Morgan fingerprint density at radius 3 is 2.02 bits per heavy atom. The van der Waals surface area contributed by atoms with Crippen LogP contribution in [0.1, 0.15) is 44.6 Å². The number of amides is 1. The van der Waals surface area contributed by atoms with Crippen LogP contribution in [-0.2, 0) is 14.4 Å². The Morgan fingerprint density at radius 2 is 1.38 bits per heavy atom. The lowest BCUT2D eigenvalue weighted by Crippen LogP contribution is -2.15. The molecule has 0 aliphatic heterocycles. The molecule has 0 saturated carbocycles. The Kier molecular flexibility index (Phi) is 12.3. The van der Waals surface area contributed by atoms with Crippen molar-refractivity contribution in [3.8, 4) is 17.2 Å². The smallest absolute Gasteiger partial charge is 0.336 e. The van der Waals surface area contributed by atoms with Crippen molar-refractivity contribution in [2.45, 2.75) is 39.0 Å². The zero-order valence-corrected chi connectivity index (χ0v) is 23.0. The monoisotopic (exact) mass is 544 g/mol. The molecule has 0 atom stereocenters. The van der Waals surface area contributed by atoms with Crippen molar-refractivity contribution in [3.05, 3.63) is 84.4 Å². The molecule has 210 valence electrons. The second-order valence-corrected chi connectivity index (χ2v) is 9.17. The fourth-order valence-corrected chi connectivity index (χ4v) is 3.75. The van der Waals surface area contributed by atoms with Crippen LogP contribution in [0.15, 0.2) is 78.9 Å². The molecule has 40 heavy (non-hydrogen) atoms. The predicted octanol–water partition coefficient (Wildman–Crippen LogP) is 6.28. The Labute approximate surface area is 235 Å². The molecule has 0 radical (unpaired) electrons. The van der Waals surface area contributed by atoms with E-state index in [0.717, 1.165) is 42.7 Å². The molecule has 0 saturated heterocycles. The number of rotatable bonds is 16. The third-order valence-electron chi connectivity index (χ3n) is 5.72. The highest BCUT2D eigenvalue weighted by molar-refractivity contribution is 6.03. The van der Waals surface area contributed by atoms with Crippen molar-refractivity contribution in [1.29, 1.82) is 0 Å². The zero-order valence-electron chi connectivity index (χ0n) is 23.0. The minimum Gasteiger partial charge on any atom is -0.494 e. The maximum Gasteiger partial charge on any atom is 0.336 e. The first-order chi connectivity index (χ1) is 19.4. The first-order valence-electron chi connectivity index (χ1n) is 13.3. The molecule has 0 heterocycles. The lowest BCUT2D eigenvalue weighted by Gasteiger charge is -2.12. The van der Waals surface area contributed by atoms with Gasteiger partial charge in [-0.1, -0.05) is 30.3 Å². The number of benzene rings is 3. The normalized spacial score (nSPS) is 10.7. The van der Waals surface area contributed by atoms with Crippen LogP contribution in [0.3, 0.4) is 0 Å². The van der Waals surface area contributed by atoms with Crippen LogP contribution in [0.5, 0.6) is 17.2 Å². The number of Topliss-reactive ketones (excluding diaryl/α,β-unsaturated/α-hetero) is 1. The molecular formula is C32H36N2O6. The highest BCUT2D eigenvalue weighted by Crippen LogP contribution is 2.25. The molecule has 0 fully saturated rings. The fraction of sp³-hybridized carbons (Fsp3) is 0.281. The van der Waals surface area contributed by atoms with Crippen molar-refractivity contribution < 1.29 is 28.6 Å². The SMILES string of the molecule is CNc1cc(NC(=O)CC(C)=O)cc(OCCCCCCOc2ccc(OC(=O)C=Cc3ccccc3)cc2)c1. The van der Waals surface area contributed by atoms with Crippen LogP contribution in [0.25, 0.3) is 6.08 Å². The van der Waals surface area contributed by atoms with Gasteiger partial charge in [-0.05, 0) is 74.6 Å². The number of hydrogen-bond donors (Lipinski definition) is 2. The number of unbranched alkanes of at least 4 members (excludes halogenated alkanes) is 3. The van der Waals surface area contributed by atoms with E-state index in [4.69, 9.17) is 14.2 Å². The summed E-state index contributed by atoms with van der Waals surface area (Å²) in [7, 11) is 1.79. The van der Waals surface area contributed by atoms with Gasteiger partial charge in [0, 0.05) is 36.6 Å². The van der Waals surface area contributed by atoms with Gasteiger partial charge < -0.3 is 24.8 Å². The number of ketones is 1. The summed E-state index contributed by atoms with van der Waals surface area (Å²) in [6.45, 7) is 2.53. The quantitative estimate of drug-likeness (QED) is 0.0719. The number of nitrogens with one attached hydrogen (secondary N) is 2. The van der Waals surface area contributed by atoms with Crippen LogP contribution in [0.2, 0.25) is 0 Å². The Morgan fingerprint density at radius 1 is 0.750 bits per heavy atom. The first kappa shape index (κ1) is 30.0. The van der Waals surface area contributed by atoms with Gasteiger partial charge in [0.25, 0.3) is 0 Å². The van der Waals surface area contributed by atoms with E-state index < -0.39 is 5.97 Å². The molecule has 3 rings (SSSR count). The summed E-state index contributed by atoms with van der Waals surface area (Å²) < 4.78 is 17.0. The molecule has 0 bridgehead atoms. The van der Waals surface area contributed by atoms with Crippen molar-refractivity contribution in [2.75, 3.05) is 30.9 Å². The minimum absolute atomic E-state index is 0.155. The van der Waals surface area contributed by atoms with Crippen molar-refractivity contribution in [1.82, 2.24) is 0 Å². The molecule has 8 heteroatoms. The second-order valence-electron chi connectivity index (χ2n) is 9.17. The van der Waals surface area contributed by atoms with Gasteiger partial charge in [-0.25, -0.2) is 4.79 Å². The fourth-order valence-electron chi connectivity index (χ4n) is 3.75. The van der Waals surface area contributed by atoms with Crippen molar-refractivity contribution >= 4 is 35.1 Å². The summed E-state index contributed by atoms with van der Waals surface area (Å²) in [5, 5.41) is 5.78. The third kappa shape index (κ3) is 11.4. The third-order valence-corrected chi connectivity index (χ3v) is 5.72. The number of hydrogen-bond acceptors (Lipinski definition) is 7. The number of anilines is 2. The topological polar surface area (TPSA) is 103 Å². The molecule has 0 spiro atoms. The second kappa shape index (κ2) is 16.4. The van der Waals surface area contributed by atoms with E-state index in [-0.39, 0.29) is 18.1 Å². The summed E-state index contributed by atoms with van der Waals surface area (Å²) in [4.78, 5) is 35.1. The van der Waals surface area contributed by atoms with Gasteiger partial charge in [-0.3, -0.25) is 9.59 Å². The van der Waals surface area contributed by atoms with Gasteiger partial charge >= 0.3 is 5.97 Å². The van der Waals surface area contributed by atoms with Gasteiger partial charge in [0.05, 0.1) is 19.6 Å². The Bertz CT molecular complexity index is 1270. The van der Waals surface area contributed by atoms with E-state index in [0.29, 0.717) is 30.4 Å². The van der Waals surface area contributed by atoms with Crippen LogP contribution in [-0.4, -0.2) is 37.9 Å². The summed E-state index contributed by atoms with van der Waals surface area (Å²) in [6, 6.07) is 22.0. The van der Waals surface area contributed by atoms with Gasteiger partial charge in [-0.2, -0.15) is 0 Å². The van der Waals surface area contributed by atoms with Gasteiger partial charge in [0.15, 0.2) is 0 Å². The molecule has 1 amide bonds. The molecule has 0 aliphatic rings. The molecule has 0 aliphatic carbocycles. The largest absolute Gasteiger partial charge is 0.494 e. The Balaban J connectivity index is 1.29. The molecule has 3 aromatic carbocycles. The van der Waals surface area contributed by atoms with Gasteiger partial charge in [0.2, 0.25) is 5.91 Å². The lowest BCUT2D eigenvalue weighted by atomic mass is 10.2. The van der Waals surface area contributed by atoms with Crippen molar-refractivity contribution in [2.24, 2.45) is 0 Å². The van der Waals surface area contributed by atoms with Crippen LogP contribution in [0, 0.1) is 0 Å². The standard InChI is InChI=1S/C32H36N2O6/c1-24(35)20-31(36)34-27-21-26(33-2)22-30(23-27)39-19-9-4-3-8-18-38-28-13-15-29(16-14-28)40-32(37)17-12-25-10-6-5-7-11-25/h5-7,10-17,21-23,33H,3-4,8-9,18-20H2,1-2H3,(H,34,36). The average Bonchev–Trinajstić information content (AvgIpc) is 2.94. The first-order valence-corrected chi connectivity index (χ1v) is 13.3. The van der Waals surface area contributed by atoms with Crippen LogP contribution >= 0.6 is 0 Å². The molecule has 2 N–H and O–H groups in total. The highest BCUT2D eigenvalue weighted by Gasteiger charge is 2.08. The van der Waals surface area contributed by atoms with E-state index in [1.807, 2.05) is 36.4 Å². The van der Waals surface area contributed by atoms with E-state index in [1.54, 1.807) is 49.5 Å². The van der Waals surface area contributed by atoms with E-state index in [2.05, 4.69) is 10.6 Å². The molecule has 3 aromatic rings. The Hall–Kier alpha value is -4.59. The zero-order chi connectivity index (χ0) is 28.6. The van der Waals surface area contributed by atoms with Gasteiger partial charge in [-0.15, -0.1) is 0 Å². The summed E-state index contributed by atoms with van der Waals surface area (Å²) in [6.07, 6.45) is 6.73. The predicted molar refractivity (Wildman–Crippen MR) is 157 cm³/mol. The number of carbonyl (C=O) groups excluding carboxylic acids is 3. The maximum absolute atomic E-state index is 12.0. The lowest BCUT2D eigenvalue weighted by molar-refractivity contribution is -0.129. The summed E-state index contributed by atoms with van der Waals surface area (Å²) in [5.41, 5.74) is 2.31. The van der Waals surface area contributed by atoms with Gasteiger partial charge in [0.1, 0.15) is 23.0 Å². The summed E-state index contributed by atoms with van der Waals surface area (Å²) >= 11 is 0. The maximum atomic E-state index is 12.0. The molecule has 8 nitrogen and oxygen atoms in total. The van der Waals surface area contributed by atoms with E-state index >= 15 is 0 Å². The minimum atomic E-state index is -0.437. The van der Waals surface area contributed by atoms with Crippen LogP contribution < -0.4 is 24.8 Å². The highest BCUT2D eigenvalue weighted by atomic mass is 16.5. The van der Waals surface area contributed by atoms with Crippen LogP contribution in [0.4, 0.5) is 11.4 Å². The van der Waals surface area contributed by atoms with Crippen molar-refractivity contribution in [3.63, 3.8) is 0 Å². The molecule has 0 unspecified atom stereocenters. The van der Waals surface area contributed by atoms with E-state index in [1.165, 1.54) is 13.0 Å². The number of carbonyl (C=O) groups is 3. The summed E-state index contributed by atoms with van der Waals surface area (Å²) in [5.74, 6) is 0.857. The number of esters is 1. The average molecular weight is 545 g/mol. The molecular weight excluding hydrogens is 508 g/mol. The number of ether oxygens (including phenoxy) is 3.